The molecule has 0 aliphatic carbocycles. The van der Waals surface area contributed by atoms with Gasteiger partial charge in [0.15, 0.2) is 0 Å². The highest BCUT2D eigenvalue weighted by molar-refractivity contribution is 7.45. The van der Waals surface area contributed by atoms with Gasteiger partial charge in [-0.15, -0.1) is 0 Å². The molecule has 8 nitrogen and oxygen atoms in total. The van der Waals surface area contributed by atoms with E-state index >= 15 is 0 Å². The lowest BCUT2D eigenvalue weighted by atomic mass is 10.1. The van der Waals surface area contributed by atoms with Gasteiger partial charge in [0.2, 0.25) is 5.91 Å². The van der Waals surface area contributed by atoms with Crippen LogP contribution in [0.4, 0.5) is 0 Å². The largest absolute Gasteiger partial charge is 0.756 e. The Morgan fingerprint density at radius 3 is 1.44 bits per heavy atom. The Labute approximate surface area is 376 Å². The van der Waals surface area contributed by atoms with E-state index in [1.54, 1.807) is 6.08 Å². The lowest BCUT2D eigenvalue weighted by molar-refractivity contribution is -0.870. The van der Waals surface area contributed by atoms with Crippen LogP contribution in [0.2, 0.25) is 0 Å². The van der Waals surface area contributed by atoms with Gasteiger partial charge in [-0.25, -0.2) is 0 Å². The van der Waals surface area contributed by atoms with Gasteiger partial charge in [-0.05, 0) is 83.5 Å². The van der Waals surface area contributed by atoms with Gasteiger partial charge in [-0.3, -0.25) is 9.36 Å². The summed E-state index contributed by atoms with van der Waals surface area (Å²) < 4.78 is 23.2. The smallest absolute Gasteiger partial charge is 0.268 e. The summed E-state index contributed by atoms with van der Waals surface area (Å²) in [5, 5.41) is 13.8. The van der Waals surface area contributed by atoms with E-state index in [0.29, 0.717) is 17.4 Å². The standard InChI is InChI=1S/C52H95N2O6P/c1-6-8-10-12-14-16-18-20-22-24-25-26-27-28-29-30-32-34-36-38-40-42-44-46-52(56)53-50(49-60-61(57,58)59-48-47-54(3,4)5)51(55)45-43-41-39-37-35-33-31-23-21-19-17-15-13-11-9-7-2/h18,20-21,23-25,27-28,35,37,43,45,50-51,55H,6-17,19,22,26,29-34,36,38-42,44,46-49H2,1-5H3,(H-,53,56,57,58)/b20-18-,23-21+,25-24-,28-27-,37-35+,45-43+. The van der Waals surface area contributed by atoms with Gasteiger partial charge in [0.1, 0.15) is 13.2 Å². The van der Waals surface area contributed by atoms with Crippen molar-refractivity contribution in [2.45, 2.75) is 212 Å². The van der Waals surface area contributed by atoms with Crippen molar-refractivity contribution in [1.82, 2.24) is 5.32 Å². The Balaban J connectivity index is 4.41. The first-order chi connectivity index (χ1) is 29.5. The molecule has 0 aromatic carbocycles. The van der Waals surface area contributed by atoms with Gasteiger partial charge in [0.05, 0.1) is 39.9 Å². The van der Waals surface area contributed by atoms with E-state index < -0.39 is 26.6 Å². The van der Waals surface area contributed by atoms with E-state index in [-0.39, 0.29) is 12.5 Å². The second-order valence-corrected chi connectivity index (χ2v) is 19.2. The summed E-state index contributed by atoms with van der Waals surface area (Å²) in [6.07, 6.45) is 58.1. The molecule has 0 aliphatic rings. The number of aliphatic hydroxyl groups excluding tert-OH is 1. The van der Waals surface area contributed by atoms with E-state index in [9.17, 15) is 19.4 Å². The van der Waals surface area contributed by atoms with Crippen molar-refractivity contribution in [2.75, 3.05) is 40.9 Å². The van der Waals surface area contributed by atoms with Crippen molar-refractivity contribution in [1.29, 1.82) is 0 Å². The minimum atomic E-state index is -4.61. The maximum Gasteiger partial charge on any atom is 0.268 e. The lowest BCUT2D eigenvalue weighted by Crippen LogP contribution is -2.45. The fraction of sp³-hybridized carbons (Fsp3) is 0.750. The van der Waals surface area contributed by atoms with Gasteiger partial charge in [0, 0.05) is 6.42 Å². The normalized spacial score (nSPS) is 14.8. The molecule has 0 aromatic heterocycles. The summed E-state index contributed by atoms with van der Waals surface area (Å²) in [6, 6.07) is -0.917. The highest BCUT2D eigenvalue weighted by atomic mass is 31.2. The van der Waals surface area contributed by atoms with E-state index in [1.807, 2.05) is 27.2 Å². The molecule has 3 atom stereocenters. The van der Waals surface area contributed by atoms with Crippen molar-refractivity contribution in [3.05, 3.63) is 72.9 Å². The van der Waals surface area contributed by atoms with Crippen LogP contribution in [0.15, 0.2) is 72.9 Å². The summed E-state index contributed by atoms with van der Waals surface area (Å²) in [4.78, 5) is 25.4. The molecule has 61 heavy (non-hydrogen) atoms. The zero-order valence-corrected chi connectivity index (χ0v) is 41.0. The Morgan fingerprint density at radius 1 is 0.574 bits per heavy atom. The molecule has 1 amide bonds. The molecule has 0 saturated heterocycles. The quantitative estimate of drug-likeness (QED) is 0.0273. The number of nitrogens with one attached hydrogen (secondary N) is 1. The molecule has 0 radical (unpaired) electrons. The van der Waals surface area contributed by atoms with Crippen LogP contribution in [0.5, 0.6) is 0 Å². The third-order valence-corrected chi connectivity index (χ3v) is 11.6. The number of amides is 1. The number of nitrogens with zero attached hydrogens (tertiary/aromatic N) is 1. The predicted molar refractivity (Wildman–Crippen MR) is 260 cm³/mol. The van der Waals surface area contributed by atoms with Gasteiger partial charge in [-0.1, -0.05) is 183 Å². The van der Waals surface area contributed by atoms with Crippen LogP contribution in [0.1, 0.15) is 200 Å². The fourth-order valence-corrected chi connectivity index (χ4v) is 7.38. The molecular weight excluding hydrogens is 780 g/mol. The molecule has 3 unspecified atom stereocenters. The molecule has 9 heteroatoms. The second-order valence-electron chi connectivity index (χ2n) is 17.8. The summed E-state index contributed by atoms with van der Waals surface area (Å²) in [7, 11) is 1.22. The van der Waals surface area contributed by atoms with E-state index in [4.69, 9.17) is 9.05 Å². The van der Waals surface area contributed by atoms with Crippen LogP contribution in [-0.4, -0.2) is 68.5 Å². The molecular formula is C52H95N2O6P. The SMILES string of the molecule is CCCCCCC/C=C\C/C=C\C/C=C\CCCCCCCCCCC(=O)NC(COP(=O)([O-])OCC[N+](C)(C)C)C(O)/C=C/CC/C=C/CC/C=C/CCCCCCCC. The van der Waals surface area contributed by atoms with E-state index in [1.165, 1.54) is 109 Å². The van der Waals surface area contributed by atoms with Crippen LogP contribution >= 0.6 is 7.82 Å². The zero-order chi connectivity index (χ0) is 45.0. The first-order valence-corrected chi connectivity index (χ1v) is 26.3. The maximum atomic E-state index is 12.9. The molecule has 0 aromatic rings. The molecule has 2 N–H and O–H groups in total. The minimum Gasteiger partial charge on any atom is -0.756 e. The number of allylic oxidation sites excluding steroid dienone is 11. The number of carbonyl (C=O) groups excluding carboxylic acids is 1. The first-order valence-electron chi connectivity index (χ1n) is 24.8. The number of rotatable bonds is 44. The second kappa shape index (κ2) is 43.2. The van der Waals surface area contributed by atoms with Crippen molar-refractivity contribution < 1.29 is 32.9 Å². The number of unbranched alkanes of at least 4 members (excludes halogenated alkanes) is 21. The molecule has 0 fully saturated rings. The first kappa shape index (κ1) is 58.9. The molecule has 0 rings (SSSR count). The number of likely N-dealkylation sites (N-methyl/N-ethyl adjacent to an activating group) is 1. The van der Waals surface area contributed by atoms with Gasteiger partial charge in [0.25, 0.3) is 7.82 Å². The number of hydrogen-bond acceptors (Lipinski definition) is 6. The monoisotopic (exact) mass is 875 g/mol. The number of carbonyl (C=O) groups is 1. The number of phosphoric acid groups is 1. The Hall–Kier alpha value is -2.06. The highest BCUT2D eigenvalue weighted by Crippen LogP contribution is 2.38. The molecule has 0 spiro atoms. The third kappa shape index (κ3) is 45.8. The predicted octanol–water partition coefficient (Wildman–Crippen LogP) is 13.7. The van der Waals surface area contributed by atoms with Gasteiger partial charge < -0.3 is 28.8 Å². The maximum absolute atomic E-state index is 12.9. The van der Waals surface area contributed by atoms with Crippen molar-refractivity contribution in [2.24, 2.45) is 0 Å². The molecule has 354 valence electrons. The van der Waals surface area contributed by atoms with Crippen LogP contribution in [0.3, 0.4) is 0 Å². The van der Waals surface area contributed by atoms with Gasteiger partial charge >= 0.3 is 0 Å². The van der Waals surface area contributed by atoms with E-state index in [0.717, 1.165) is 70.6 Å². The third-order valence-electron chi connectivity index (χ3n) is 10.6. The lowest BCUT2D eigenvalue weighted by Gasteiger charge is -2.29. The average molecular weight is 875 g/mol. The Morgan fingerprint density at radius 2 is 0.967 bits per heavy atom. The summed E-state index contributed by atoms with van der Waals surface area (Å²) >= 11 is 0. The number of phosphoric ester groups is 1. The minimum absolute atomic E-state index is 0.0138. The van der Waals surface area contributed by atoms with Crippen LogP contribution in [0, 0.1) is 0 Å². The summed E-state index contributed by atoms with van der Waals surface area (Å²) in [5.74, 6) is -0.222. The fourth-order valence-electron chi connectivity index (χ4n) is 6.66. The van der Waals surface area contributed by atoms with Crippen molar-refractivity contribution in [3.63, 3.8) is 0 Å². The Bertz CT molecular complexity index is 1220. The number of aliphatic hydroxyl groups is 1. The Kier molecular flexibility index (Phi) is 41.7. The van der Waals surface area contributed by atoms with Crippen LogP contribution in [0.25, 0.3) is 0 Å². The van der Waals surface area contributed by atoms with Crippen molar-refractivity contribution in [3.8, 4) is 0 Å². The molecule has 0 saturated carbocycles. The number of hydrogen-bond donors (Lipinski definition) is 2. The zero-order valence-electron chi connectivity index (χ0n) is 40.1. The molecule has 0 aliphatic heterocycles. The molecule has 0 heterocycles. The summed E-state index contributed by atoms with van der Waals surface area (Å²) in [6.45, 7) is 4.58. The summed E-state index contributed by atoms with van der Waals surface area (Å²) in [5.41, 5.74) is 0. The highest BCUT2D eigenvalue weighted by Gasteiger charge is 2.23. The average Bonchev–Trinajstić information content (AvgIpc) is 3.21. The van der Waals surface area contributed by atoms with Crippen LogP contribution in [-0.2, 0) is 18.4 Å². The van der Waals surface area contributed by atoms with Crippen molar-refractivity contribution >= 4 is 13.7 Å². The van der Waals surface area contributed by atoms with Crippen LogP contribution < -0.4 is 10.2 Å². The number of quaternary nitrogens is 1. The topological polar surface area (TPSA) is 108 Å². The van der Waals surface area contributed by atoms with E-state index in [2.05, 4.69) is 79.9 Å². The molecule has 0 bridgehead atoms. The van der Waals surface area contributed by atoms with Gasteiger partial charge in [-0.2, -0.15) is 0 Å².